The van der Waals surface area contributed by atoms with Crippen LogP contribution in [-0.4, -0.2) is 17.6 Å². The summed E-state index contributed by atoms with van der Waals surface area (Å²) in [6, 6.07) is 3.58. The average molecular weight is 274 g/mol. The van der Waals surface area contributed by atoms with Gasteiger partial charge >= 0.3 is 5.97 Å². The molecule has 0 aliphatic rings. The molecule has 1 aromatic carbocycles. The van der Waals surface area contributed by atoms with Gasteiger partial charge in [-0.3, -0.25) is 0 Å². The number of nitrogens with one attached hydrogen (secondary N) is 1. The van der Waals surface area contributed by atoms with Gasteiger partial charge in [0.05, 0.1) is 5.69 Å². The van der Waals surface area contributed by atoms with Gasteiger partial charge in [-0.05, 0) is 45.9 Å². The molecule has 1 atom stereocenters. The number of anilines is 1. The average Bonchev–Trinajstić information content (AvgIpc) is 2.19. The standard InChI is InChI=1S/C13H17ClFNO2/c1-8(12(17)18-13(2,3)4)16-11-6-5-9(14)7-10(11)15/h5-8,16H,1-4H3. The number of rotatable bonds is 3. The van der Waals surface area contributed by atoms with Crippen molar-refractivity contribution in [2.75, 3.05) is 5.32 Å². The van der Waals surface area contributed by atoms with E-state index in [0.29, 0.717) is 5.02 Å². The number of esters is 1. The smallest absolute Gasteiger partial charge is 0.328 e. The summed E-state index contributed by atoms with van der Waals surface area (Å²) in [7, 11) is 0. The quantitative estimate of drug-likeness (QED) is 0.855. The Kier molecular flexibility index (Phi) is 4.57. The second-order valence-electron chi connectivity index (χ2n) is 5.02. The highest BCUT2D eigenvalue weighted by molar-refractivity contribution is 6.30. The molecule has 1 N–H and O–H groups in total. The van der Waals surface area contributed by atoms with Gasteiger partial charge in [0.2, 0.25) is 0 Å². The second-order valence-corrected chi connectivity index (χ2v) is 5.46. The zero-order valence-electron chi connectivity index (χ0n) is 10.9. The molecule has 0 radical (unpaired) electrons. The normalized spacial score (nSPS) is 13.0. The topological polar surface area (TPSA) is 38.3 Å². The van der Waals surface area contributed by atoms with Gasteiger partial charge in [0, 0.05) is 5.02 Å². The van der Waals surface area contributed by atoms with Crippen LogP contribution in [0.4, 0.5) is 10.1 Å². The summed E-state index contributed by atoms with van der Waals surface area (Å²) in [6.45, 7) is 6.95. The summed E-state index contributed by atoms with van der Waals surface area (Å²) in [5, 5.41) is 3.06. The highest BCUT2D eigenvalue weighted by Crippen LogP contribution is 2.20. The third-order valence-corrected chi connectivity index (χ3v) is 2.30. The van der Waals surface area contributed by atoms with Crippen molar-refractivity contribution in [2.45, 2.75) is 39.3 Å². The Morgan fingerprint density at radius 2 is 2.06 bits per heavy atom. The fraction of sp³-hybridized carbons (Fsp3) is 0.462. The van der Waals surface area contributed by atoms with E-state index in [1.54, 1.807) is 33.8 Å². The van der Waals surface area contributed by atoms with Crippen molar-refractivity contribution in [3.63, 3.8) is 0 Å². The van der Waals surface area contributed by atoms with E-state index in [9.17, 15) is 9.18 Å². The summed E-state index contributed by atoms with van der Waals surface area (Å²) >= 11 is 5.64. The summed E-state index contributed by atoms with van der Waals surface area (Å²) < 4.78 is 18.7. The van der Waals surface area contributed by atoms with E-state index < -0.39 is 23.4 Å². The lowest BCUT2D eigenvalue weighted by Gasteiger charge is -2.23. The Morgan fingerprint density at radius 1 is 1.44 bits per heavy atom. The first-order valence-corrected chi connectivity index (χ1v) is 6.01. The van der Waals surface area contributed by atoms with Gasteiger partial charge in [0.15, 0.2) is 0 Å². The molecule has 0 aliphatic carbocycles. The molecule has 0 aliphatic heterocycles. The van der Waals surface area contributed by atoms with Gasteiger partial charge in [-0.15, -0.1) is 0 Å². The summed E-state index contributed by atoms with van der Waals surface area (Å²) in [5.41, 5.74) is -0.344. The van der Waals surface area contributed by atoms with Crippen LogP contribution in [0.25, 0.3) is 0 Å². The maximum absolute atomic E-state index is 13.5. The van der Waals surface area contributed by atoms with Crippen LogP contribution < -0.4 is 5.32 Å². The summed E-state index contributed by atoms with van der Waals surface area (Å²) in [5.74, 6) is -0.935. The van der Waals surface area contributed by atoms with Crippen molar-refractivity contribution in [1.29, 1.82) is 0 Å². The zero-order chi connectivity index (χ0) is 13.9. The first kappa shape index (κ1) is 14.8. The number of hydrogen-bond donors (Lipinski definition) is 1. The number of ether oxygens (including phenoxy) is 1. The zero-order valence-corrected chi connectivity index (χ0v) is 11.6. The predicted molar refractivity (Wildman–Crippen MR) is 70.3 cm³/mol. The van der Waals surface area contributed by atoms with Crippen LogP contribution >= 0.6 is 11.6 Å². The highest BCUT2D eigenvalue weighted by Gasteiger charge is 2.22. The highest BCUT2D eigenvalue weighted by atomic mass is 35.5. The van der Waals surface area contributed by atoms with Gasteiger partial charge in [0.25, 0.3) is 0 Å². The third-order valence-electron chi connectivity index (χ3n) is 2.06. The minimum Gasteiger partial charge on any atom is -0.458 e. The predicted octanol–water partition coefficient (Wildman–Crippen LogP) is 3.62. The van der Waals surface area contributed by atoms with Crippen LogP contribution in [0.2, 0.25) is 5.02 Å². The molecule has 0 aromatic heterocycles. The van der Waals surface area contributed by atoms with Gasteiger partial charge < -0.3 is 10.1 Å². The molecular weight excluding hydrogens is 257 g/mol. The van der Waals surface area contributed by atoms with E-state index in [1.807, 2.05) is 0 Å². The van der Waals surface area contributed by atoms with E-state index in [-0.39, 0.29) is 5.69 Å². The van der Waals surface area contributed by atoms with Crippen LogP contribution in [0, 0.1) is 5.82 Å². The molecule has 1 aromatic rings. The van der Waals surface area contributed by atoms with Gasteiger partial charge in [-0.1, -0.05) is 11.6 Å². The maximum atomic E-state index is 13.5. The van der Waals surface area contributed by atoms with E-state index >= 15 is 0 Å². The third kappa shape index (κ3) is 4.53. The minimum absolute atomic E-state index is 0.220. The summed E-state index contributed by atoms with van der Waals surface area (Å²) in [4.78, 5) is 11.7. The SMILES string of the molecule is CC(Nc1ccc(Cl)cc1F)C(=O)OC(C)(C)C. The van der Waals surface area contributed by atoms with E-state index in [4.69, 9.17) is 16.3 Å². The van der Waals surface area contributed by atoms with Gasteiger partial charge in [-0.25, -0.2) is 9.18 Å². The fourth-order valence-electron chi connectivity index (χ4n) is 1.29. The van der Waals surface area contributed by atoms with Crippen molar-refractivity contribution in [3.05, 3.63) is 29.0 Å². The first-order chi connectivity index (χ1) is 8.19. The van der Waals surface area contributed by atoms with Crippen LogP contribution in [0.15, 0.2) is 18.2 Å². The Labute approximate surface area is 111 Å². The molecule has 5 heteroatoms. The van der Waals surface area contributed by atoms with Crippen molar-refractivity contribution in [1.82, 2.24) is 0 Å². The Morgan fingerprint density at radius 3 is 2.56 bits per heavy atom. The van der Waals surface area contributed by atoms with E-state index in [2.05, 4.69) is 5.32 Å². The number of hydrogen-bond acceptors (Lipinski definition) is 3. The van der Waals surface area contributed by atoms with Gasteiger partial charge in [0.1, 0.15) is 17.5 Å². The molecule has 18 heavy (non-hydrogen) atoms. The molecule has 0 spiro atoms. The molecular formula is C13H17ClFNO2. The van der Waals surface area contributed by atoms with Gasteiger partial charge in [-0.2, -0.15) is 0 Å². The lowest BCUT2D eigenvalue weighted by molar-refractivity contribution is -0.155. The molecule has 0 amide bonds. The Balaban J connectivity index is 2.69. The fourth-order valence-corrected chi connectivity index (χ4v) is 1.45. The molecule has 0 bridgehead atoms. The molecule has 0 saturated heterocycles. The maximum Gasteiger partial charge on any atom is 0.328 e. The van der Waals surface area contributed by atoms with Crippen LogP contribution in [0.1, 0.15) is 27.7 Å². The van der Waals surface area contributed by atoms with Crippen molar-refractivity contribution < 1.29 is 13.9 Å². The Bertz CT molecular complexity index is 443. The monoisotopic (exact) mass is 273 g/mol. The van der Waals surface area contributed by atoms with Crippen LogP contribution in [-0.2, 0) is 9.53 Å². The second kappa shape index (κ2) is 5.57. The molecule has 3 nitrogen and oxygen atoms in total. The minimum atomic E-state index is -0.639. The largest absolute Gasteiger partial charge is 0.458 e. The molecule has 100 valence electrons. The van der Waals surface area contributed by atoms with Crippen LogP contribution in [0.5, 0.6) is 0 Å². The molecule has 1 unspecified atom stereocenters. The summed E-state index contributed by atoms with van der Waals surface area (Å²) in [6.07, 6.45) is 0. The number of benzene rings is 1. The Hall–Kier alpha value is -1.29. The lowest BCUT2D eigenvalue weighted by Crippen LogP contribution is -2.34. The molecule has 0 fully saturated rings. The van der Waals surface area contributed by atoms with Crippen molar-refractivity contribution in [2.24, 2.45) is 0 Å². The molecule has 0 heterocycles. The number of halogens is 2. The van der Waals surface area contributed by atoms with Crippen LogP contribution in [0.3, 0.4) is 0 Å². The van der Waals surface area contributed by atoms with E-state index in [0.717, 1.165) is 0 Å². The van der Waals surface area contributed by atoms with Crippen molar-refractivity contribution >= 4 is 23.3 Å². The van der Waals surface area contributed by atoms with Crippen molar-refractivity contribution in [3.8, 4) is 0 Å². The molecule has 0 saturated carbocycles. The number of carbonyl (C=O) groups is 1. The lowest BCUT2D eigenvalue weighted by atomic mass is 10.2. The number of carbonyl (C=O) groups excluding carboxylic acids is 1. The first-order valence-electron chi connectivity index (χ1n) is 5.63. The van der Waals surface area contributed by atoms with E-state index in [1.165, 1.54) is 12.1 Å². The molecule has 1 rings (SSSR count).